The molecule has 24 heavy (non-hydrogen) atoms. The summed E-state index contributed by atoms with van der Waals surface area (Å²) in [6.45, 7) is 0.911. The lowest BCUT2D eigenvalue weighted by Gasteiger charge is -2.09. The molecule has 0 aliphatic carbocycles. The van der Waals surface area contributed by atoms with Crippen LogP contribution in [0.1, 0.15) is 18.4 Å². The monoisotopic (exact) mass is 340 g/mol. The van der Waals surface area contributed by atoms with Crippen molar-refractivity contribution in [3.63, 3.8) is 0 Å². The predicted molar refractivity (Wildman–Crippen MR) is 95.0 cm³/mol. The van der Waals surface area contributed by atoms with Crippen LogP contribution in [0.5, 0.6) is 0 Å². The van der Waals surface area contributed by atoms with Crippen LogP contribution in [0.4, 0.5) is 11.5 Å². The summed E-state index contributed by atoms with van der Waals surface area (Å²) >= 11 is 1.66. The van der Waals surface area contributed by atoms with E-state index in [0.29, 0.717) is 0 Å². The van der Waals surface area contributed by atoms with Crippen LogP contribution in [-0.4, -0.2) is 21.2 Å². The van der Waals surface area contributed by atoms with Crippen LogP contribution in [-0.2, 0) is 6.42 Å². The molecule has 4 rings (SSSR count). The summed E-state index contributed by atoms with van der Waals surface area (Å²) in [7, 11) is 0. The molecule has 0 bridgehead atoms. The number of rotatable bonds is 3. The second kappa shape index (κ2) is 6.09. The van der Waals surface area contributed by atoms with Crippen molar-refractivity contribution >= 4 is 22.8 Å². The quantitative estimate of drug-likeness (QED) is 0.571. The molecular weight excluding hydrogens is 324 g/mol. The number of benzene rings is 1. The SMILES string of the molecule is O=[N+]([O-])c1ccc(-n2nc(-c3ccsc3)c3c2NCCCC3)cc1. The predicted octanol–water partition coefficient (Wildman–Crippen LogP) is 4.26. The van der Waals surface area contributed by atoms with E-state index in [1.165, 1.54) is 17.7 Å². The third kappa shape index (κ3) is 2.56. The fourth-order valence-corrected chi connectivity index (χ4v) is 3.68. The highest BCUT2D eigenvalue weighted by atomic mass is 32.1. The maximum atomic E-state index is 10.9. The van der Waals surface area contributed by atoms with Gasteiger partial charge in [-0.2, -0.15) is 16.4 Å². The van der Waals surface area contributed by atoms with E-state index in [1.54, 1.807) is 23.5 Å². The topological polar surface area (TPSA) is 73.0 Å². The Balaban J connectivity index is 1.84. The number of nitro benzene ring substituents is 1. The number of non-ortho nitro benzene ring substituents is 1. The van der Waals surface area contributed by atoms with E-state index in [2.05, 4.69) is 22.1 Å². The Morgan fingerprint density at radius 3 is 2.75 bits per heavy atom. The number of anilines is 1. The van der Waals surface area contributed by atoms with E-state index in [-0.39, 0.29) is 10.6 Å². The van der Waals surface area contributed by atoms with Crippen LogP contribution >= 0.6 is 11.3 Å². The number of hydrogen-bond acceptors (Lipinski definition) is 5. The third-order valence-electron chi connectivity index (χ3n) is 4.23. The Hall–Kier alpha value is -2.67. The average Bonchev–Trinajstić information content (AvgIpc) is 3.17. The average molecular weight is 340 g/mol. The van der Waals surface area contributed by atoms with E-state index < -0.39 is 0 Å². The highest BCUT2D eigenvalue weighted by Gasteiger charge is 2.22. The van der Waals surface area contributed by atoms with E-state index in [4.69, 9.17) is 5.10 Å². The molecule has 0 amide bonds. The minimum atomic E-state index is -0.386. The first-order valence-corrected chi connectivity index (χ1v) is 8.81. The van der Waals surface area contributed by atoms with Crippen LogP contribution in [0, 0.1) is 10.1 Å². The van der Waals surface area contributed by atoms with Gasteiger partial charge in [0.25, 0.3) is 5.69 Å². The van der Waals surface area contributed by atoms with Crippen molar-refractivity contribution < 1.29 is 4.92 Å². The van der Waals surface area contributed by atoms with Gasteiger partial charge in [0.1, 0.15) is 5.82 Å². The Morgan fingerprint density at radius 2 is 2.04 bits per heavy atom. The number of nitrogens with one attached hydrogen (secondary N) is 1. The summed E-state index contributed by atoms with van der Waals surface area (Å²) in [5.74, 6) is 1.00. The van der Waals surface area contributed by atoms with Crippen LogP contribution in [0.25, 0.3) is 16.9 Å². The number of nitrogens with zero attached hydrogens (tertiary/aromatic N) is 3. The van der Waals surface area contributed by atoms with Gasteiger partial charge in [0.15, 0.2) is 0 Å². The molecule has 0 atom stereocenters. The van der Waals surface area contributed by atoms with Crippen molar-refractivity contribution in [2.45, 2.75) is 19.3 Å². The molecular formula is C17H16N4O2S. The first-order chi connectivity index (χ1) is 11.7. The molecule has 7 heteroatoms. The summed E-state index contributed by atoms with van der Waals surface area (Å²) in [6.07, 6.45) is 3.24. The zero-order chi connectivity index (χ0) is 16.5. The van der Waals surface area contributed by atoms with Crippen molar-refractivity contribution in [2.24, 2.45) is 0 Å². The van der Waals surface area contributed by atoms with E-state index >= 15 is 0 Å². The molecule has 3 heterocycles. The maximum Gasteiger partial charge on any atom is 0.269 e. The highest BCUT2D eigenvalue weighted by molar-refractivity contribution is 7.08. The standard InChI is InChI=1S/C17H16N4O2S/c22-21(23)14-6-4-13(5-7-14)20-17-15(3-1-2-9-18-17)16(19-20)12-8-10-24-11-12/h4-8,10-11,18H,1-3,9H2. The molecule has 1 aliphatic rings. The second-order valence-corrected chi connectivity index (χ2v) is 6.54. The highest BCUT2D eigenvalue weighted by Crippen LogP contribution is 2.34. The summed E-state index contributed by atoms with van der Waals surface area (Å²) in [5, 5.41) is 23.3. The zero-order valence-corrected chi connectivity index (χ0v) is 13.8. The zero-order valence-electron chi connectivity index (χ0n) is 12.9. The summed E-state index contributed by atoms with van der Waals surface area (Å²) in [4.78, 5) is 10.5. The first-order valence-electron chi connectivity index (χ1n) is 7.87. The van der Waals surface area contributed by atoms with Gasteiger partial charge < -0.3 is 5.32 Å². The molecule has 1 aromatic carbocycles. The fraction of sp³-hybridized carbons (Fsp3) is 0.235. The fourth-order valence-electron chi connectivity index (χ4n) is 3.04. The second-order valence-electron chi connectivity index (χ2n) is 5.76. The molecule has 0 unspecified atom stereocenters. The van der Waals surface area contributed by atoms with Gasteiger partial charge in [0.2, 0.25) is 0 Å². The van der Waals surface area contributed by atoms with Crippen LogP contribution in [0.3, 0.4) is 0 Å². The van der Waals surface area contributed by atoms with Gasteiger partial charge in [-0.15, -0.1) is 0 Å². The number of hydrogen-bond donors (Lipinski definition) is 1. The Bertz CT molecular complexity index is 869. The molecule has 0 saturated carbocycles. The van der Waals surface area contributed by atoms with Crippen LogP contribution < -0.4 is 5.32 Å². The number of thiophene rings is 1. The summed E-state index contributed by atoms with van der Waals surface area (Å²) in [5.41, 5.74) is 4.26. The van der Waals surface area contributed by atoms with E-state index in [0.717, 1.165) is 48.6 Å². The molecule has 6 nitrogen and oxygen atoms in total. The number of nitro groups is 1. The molecule has 0 radical (unpaired) electrons. The number of aromatic nitrogens is 2. The van der Waals surface area contributed by atoms with Crippen molar-refractivity contribution in [3.8, 4) is 16.9 Å². The smallest absolute Gasteiger partial charge is 0.269 e. The molecule has 122 valence electrons. The lowest BCUT2D eigenvalue weighted by Crippen LogP contribution is -2.07. The van der Waals surface area contributed by atoms with Gasteiger partial charge in [0, 0.05) is 35.2 Å². The van der Waals surface area contributed by atoms with Gasteiger partial charge in [-0.25, -0.2) is 4.68 Å². The molecule has 0 spiro atoms. The first kappa shape index (κ1) is 14.9. The molecule has 0 fully saturated rings. The molecule has 0 saturated heterocycles. The summed E-state index contributed by atoms with van der Waals surface area (Å²) < 4.78 is 1.87. The minimum absolute atomic E-state index is 0.0861. The van der Waals surface area contributed by atoms with E-state index in [1.807, 2.05) is 4.68 Å². The largest absolute Gasteiger partial charge is 0.370 e. The third-order valence-corrected chi connectivity index (χ3v) is 4.91. The van der Waals surface area contributed by atoms with Crippen molar-refractivity contribution in [1.29, 1.82) is 0 Å². The van der Waals surface area contributed by atoms with Crippen molar-refractivity contribution in [3.05, 3.63) is 56.8 Å². The molecule has 3 aromatic rings. The van der Waals surface area contributed by atoms with Crippen LogP contribution in [0.15, 0.2) is 41.1 Å². The minimum Gasteiger partial charge on any atom is -0.370 e. The van der Waals surface area contributed by atoms with Gasteiger partial charge in [-0.05, 0) is 42.8 Å². The number of fused-ring (bicyclic) bond motifs is 1. The molecule has 1 aliphatic heterocycles. The molecule has 1 N–H and O–H groups in total. The van der Waals surface area contributed by atoms with Crippen molar-refractivity contribution in [2.75, 3.05) is 11.9 Å². The van der Waals surface area contributed by atoms with Gasteiger partial charge in [-0.1, -0.05) is 0 Å². The van der Waals surface area contributed by atoms with Crippen LogP contribution in [0.2, 0.25) is 0 Å². The van der Waals surface area contributed by atoms with Gasteiger partial charge >= 0.3 is 0 Å². The lowest BCUT2D eigenvalue weighted by atomic mass is 10.1. The Kier molecular flexibility index (Phi) is 3.78. The Morgan fingerprint density at radius 1 is 1.21 bits per heavy atom. The summed E-state index contributed by atoms with van der Waals surface area (Å²) in [6, 6.07) is 8.61. The van der Waals surface area contributed by atoms with Gasteiger partial charge in [0.05, 0.1) is 16.3 Å². The lowest BCUT2D eigenvalue weighted by molar-refractivity contribution is -0.384. The molecule has 2 aromatic heterocycles. The van der Waals surface area contributed by atoms with E-state index in [9.17, 15) is 10.1 Å². The normalized spacial score (nSPS) is 13.8. The Labute approximate surface area is 142 Å². The van der Waals surface area contributed by atoms with Crippen molar-refractivity contribution in [1.82, 2.24) is 9.78 Å². The van der Waals surface area contributed by atoms with Gasteiger partial charge in [-0.3, -0.25) is 10.1 Å². The maximum absolute atomic E-state index is 10.9.